The number of hydrogen-bond donors (Lipinski definition) is 1. The number of hydrogen-bond acceptors (Lipinski definition) is 2. The highest BCUT2D eigenvalue weighted by molar-refractivity contribution is 7.66. The molecule has 1 aliphatic carbocycles. The average Bonchev–Trinajstić information content (AvgIpc) is 2.50. The summed E-state index contributed by atoms with van der Waals surface area (Å²) in [6.07, 6.45) is 2.12. The van der Waals surface area contributed by atoms with E-state index in [0.29, 0.717) is 6.04 Å². The van der Waals surface area contributed by atoms with Crippen LogP contribution in [0.3, 0.4) is 0 Å². The van der Waals surface area contributed by atoms with Gasteiger partial charge in [0.1, 0.15) is 0 Å². The Bertz CT molecular complexity index is 170. The van der Waals surface area contributed by atoms with E-state index in [1.165, 1.54) is 0 Å². The number of amides is 1. The highest BCUT2D eigenvalue weighted by Crippen LogP contribution is 2.17. The van der Waals surface area contributed by atoms with Crippen molar-refractivity contribution in [1.29, 1.82) is 0 Å². The van der Waals surface area contributed by atoms with E-state index in [2.05, 4.69) is 5.32 Å². The van der Waals surface area contributed by atoms with Gasteiger partial charge in [-0.2, -0.15) is 0 Å². The van der Waals surface area contributed by atoms with Crippen LogP contribution in [0, 0.1) is 0 Å². The molecule has 1 N–H and O–H groups in total. The predicted molar refractivity (Wildman–Crippen MR) is 35.4 cm³/mol. The summed E-state index contributed by atoms with van der Waals surface area (Å²) in [5, 5.41) is 3.68. The molecule has 3 nitrogen and oxygen atoms in total. The Labute approximate surface area is 56.5 Å². The summed E-state index contributed by atoms with van der Waals surface area (Å²) in [4.78, 5) is 10.5. The molecular weight excluding hydrogens is 138 g/mol. The molecule has 1 saturated carbocycles. The molecule has 0 unspecified atom stereocenters. The van der Waals surface area contributed by atoms with E-state index < -0.39 is 0 Å². The summed E-state index contributed by atoms with van der Waals surface area (Å²) in [5.41, 5.74) is 0. The summed E-state index contributed by atoms with van der Waals surface area (Å²) in [6.45, 7) is 0. The largest absolute Gasteiger partial charge is 0.349 e. The molecule has 0 spiro atoms. The van der Waals surface area contributed by atoms with Crippen molar-refractivity contribution in [2.24, 2.45) is 0 Å². The monoisotopic (exact) mass is 145 g/mol. The number of carbonyl (C=O) groups is 1. The Morgan fingerprint density at radius 1 is 1.67 bits per heavy atom. The average molecular weight is 145 g/mol. The lowest BCUT2D eigenvalue weighted by Crippen LogP contribution is -2.25. The van der Waals surface area contributed by atoms with Crippen LogP contribution >= 0.6 is 0 Å². The fourth-order valence-corrected chi connectivity index (χ4v) is 0.662. The van der Waals surface area contributed by atoms with Crippen LogP contribution in [0.1, 0.15) is 12.8 Å². The summed E-state index contributed by atoms with van der Waals surface area (Å²) < 4.78 is 9.74. The van der Waals surface area contributed by atoms with Gasteiger partial charge < -0.3 is 5.32 Å². The molecule has 0 atom stereocenters. The first kappa shape index (κ1) is 6.48. The van der Waals surface area contributed by atoms with Gasteiger partial charge in [-0.15, -0.1) is 0 Å². The lowest BCUT2D eigenvalue weighted by molar-refractivity contribution is -0.114. The zero-order chi connectivity index (χ0) is 6.69. The van der Waals surface area contributed by atoms with Crippen LogP contribution < -0.4 is 5.32 Å². The summed E-state index contributed by atoms with van der Waals surface area (Å²) >= 11 is 0.192. The smallest absolute Gasteiger partial charge is 0.257 e. The van der Waals surface area contributed by atoms with Crippen molar-refractivity contribution in [3.8, 4) is 0 Å². The van der Waals surface area contributed by atoms with Crippen LogP contribution in [0.25, 0.3) is 0 Å². The standard InChI is InChI=1S/C5H7NO2S/c7-5(3-9-8)6-4-1-2-4/h3-4H,1-2H2,(H,6,7). The molecule has 1 aliphatic rings. The second-order valence-electron chi connectivity index (χ2n) is 2.00. The maximum atomic E-state index is 10.5. The zero-order valence-electron chi connectivity index (χ0n) is 4.79. The number of rotatable bonds is 2. The second kappa shape index (κ2) is 2.77. The Balaban J connectivity index is 2.24. The molecule has 9 heavy (non-hydrogen) atoms. The van der Waals surface area contributed by atoms with Crippen molar-refractivity contribution in [2.75, 3.05) is 0 Å². The summed E-state index contributed by atoms with van der Waals surface area (Å²) in [5.74, 6) is -0.252. The molecule has 0 bridgehead atoms. The lowest BCUT2D eigenvalue weighted by atomic mass is 10.6. The van der Waals surface area contributed by atoms with E-state index in [4.69, 9.17) is 0 Å². The normalized spacial score (nSPS) is 16.4. The Morgan fingerprint density at radius 2 is 2.33 bits per heavy atom. The Hall–Kier alpha value is -0.640. The van der Waals surface area contributed by atoms with Crippen molar-refractivity contribution >= 4 is 22.5 Å². The minimum absolute atomic E-state index is 0.192. The van der Waals surface area contributed by atoms with Gasteiger partial charge in [-0.25, -0.2) is 4.21 Å². The molecule has 0 heterocycles. The molecule has 1 rings (SSSR count). The quantitative estimate of drug-likeness (QED) is 0.521. The highest BCUT2D eigenvalue weighted by Gasteiger charge is 2.22. The number of nitrogens with one attached hydrogen (secondary N) is 1. The second-order valence-corrected chi connectivity index (χ2v) is 2.43. The third kappa shape index (κ3) is 2.41. The van der Waals surface area contributed by atoms with Gasteiger partial charge in [0.25, 0.3) is 5.91 Å². The van der Waals surface area contributed by atoms with Gasteiger partial charge in [0.15, 0.2) is 0 Å². The van der Waals surface area contributed by atoms with Crippen molar-refractivity contribution in [3.05, 3.63) is 0 Å². The minimum atomic E-state index is -0.252. The molecule has 0 saturated heterocycles. The van der Waals surface area contributed by atoms with Crippen LogP contribution in [0.15, 0.2) is 0 Å². The van der Waals surface area contributed by atoms with Gasteiger partial charge in [-0.05, 0) is 12.8 Å². The molecule has 0 aliphatic heterocycles. The number of carbonyl (C=O) groups excluding carboxylic acids is 1. The molecule has 50 valence electrons. The van der Waals surface area contributed by atoms with E-state index in [1.54, 1.807) is 0 Å². The zero-order valence-corrected chi connectivity index (χ0v) is 5.61. The summed E-state index contributed by atoms with van der Waals surface area (Å²) in [6, 6.07) is 0.348. The fourth-order valence-electron chi connectivity index (χ4n) is 0.507. The summed E-state index contributed by atoms with van der Waals surface area (Å²) in [7, 11) is 0. The topological polar surface area (TPSA) is 46.2 Å². The first-order valence-corrected chi connectivity index (χ1v) is 3.56. The van der Waals surface area contributed by atoms with E-state index in [0.717, 1.165) is 18.2 Å². The van der Waals surface area contributed by atoms with Gasteiger partial charge in [0.05, 0.1) is 16.6 Å². The van der Waals surface area contributed by atoms with E-state index in [1.807, 2.05) is 0 Å². The molecule has 0 radical (unpaired) electrons. The van der Waals surface area contributed by atoms with Crippen molar-refractivity contribution in [2.45, 2.75) is 18.9 Å². The van der Waals surface area contributed by atoms with Crippen molar-refractivity contribution in [1.82, 2.24) is 5.32 Å². The van der Waals surface area contributed by atoms with Gasteiger partial charge in [-0.1, -0.05) is 0 Å². The molecule has 1 fully saturated rings. The molecule has 0 aromatic heterocycles. The Kier molecular flexibility index (Phi) is 2.00. The van der Waals surface area contributed by atoms with Crippen LogP contribution in [0.4, 0.5) is 0 Å². The third-order valence-electron chi connectivity index (χ3n) is 1.08. The van der Waals surface area contributed by atoms with Crippen molar-refractivity contribution in [3.63, 3.8) is 0 Å². The fraction of sp³-hybridized carbons (Fsp3) is 0.600. The van der Waals surface area contributed by atoms with Crippen LogP contribution in [-0.2, 0) is 16.1 Å². The van der Waals surface area contributed by atoms with Crippen LogP contribution in [0.2, 0.25) is 0 Å². The lowest BCUT2D eigenvalue weighted by Gasteiger charge is -1.92. The molecule has 0 aromatic rings. The van der Waals surface area contributed by atoms with Crippen LogP contribution in [-0.4, -0.2) is 21.5 Å². The SMILES string of the molecule is O=S=CC(=O)NC1CC1. The highest BCUT2D eigenvalue weighted by atomic mass is 32.1. The molecule has 4 heteroatoms. The third-order valence-corrected chi connectivity index (χ3v) is 1.39. The first-order chi connectivity index (χ1) is 4.33. The molecule has 0 aromatic carbocycles. The molecule has 1 amide bonds. The van der Waals surface area contributed by atoms with E-state index >= 15 is 0 Å². The maximum absolute atomic E-state index is 10.5. The van der Waals surface area contributed by atoms with Crippen molar-refractivity contribution < 1.29 is 9.00 Å². The van der Waals surface area contributed by atoms with E-state index in [-0.39, 0.29) is 17.2 Å². The van der Waals surface area contributed by atoms with Gasteiger partial charge in [-0.3, -0.25) is 4.79 Å². The first-order valence-electron chi connectivity index (χ1n) is 2.75. The Morgan fingerprint density at radius 3 is 2.78 bits per heavy atom. The molecular formula is C5H7NO2S. The van der Waals surface area contributed by atoms with Crippen LogP contribution in [0.5, 0.6) is 0 Å². The van der Waals surface area contributed by atoms with Gasteiger partial charge in [0, 0.05) is 6.04 Å². The van der Waals surface area contributed by atoms with Gasteiger partial charge >= 0.3 is 0 Å². The van der Waals surface area contributed by atoms with Gasteiger partial charge in [0.2, 0.25) is 0 Å². The minimum Gasteiger partial charge on any atom is -0.349 e. The predicted octanol–water partition coefficient (Wildman–Crippen LogP) is -0.720. The van der Waals surface area contributed by atoms with E-state index in [9.17, 15) is 9.00 Å². The maximum Gasteiger partial charge on any atom is 0.257 e.